The molecule has 1 atom stereocenters. The zero-order valence-corrected chi connectivity index (χ0v) is 25.5. The van der Waals surface area contributed by atoms with Crippen molar-refractivity contribution in [1.82, 2.24) is 19.7 Å². The lowest BCUT2D eigenvalue weighted by atomic mass is 9.86. The van der Waals surface area contributed by atoms with Crippen LogP contribution in [0, 0.1) is 12.7 Å². The van der Waals surface area contributed by atoms with Gasteiger partial charge in [0.2, 0.25) is 0 Å². The van der Waals surface area contributed by atoms with Gasteiger partial charge in [-0.25, -0.2) is 14.1 Å². The average Bonchev–Trinajstić information content (AvgIpc) is 2.96. The summed E-state index contributed by atoms with van der Waals surface area (Å²) in [4.78, 5) is 30.5. The number of aromatic nitrogens is 3. The van der Waals surface area contributed by atoms with E-state index in [-0.39, 0.29) is 16.8 Å². The molecule has 0 unspecified atom stereocenters. The van der Waals surface area contributed by atoms with Crippen LogP contribution in [-0.4, -0.2) is 44.8 Å². The van der Waals surface area contributed by atoms with E-state index in [1.807, 2.05) is 24.3 Å². The van der Waals surface area contributed by atoms with E-state index in [2.05, 4.69) is 48.1 Å². The van der Waals surface area contributed by atoms with Crippen LogP contribution in [0.2, 0.25) is 0 Å². The fourth-order valence-electron chi connectivity index (χ4n) is 4.50. The molecule has 2 aromatic heterocycles. The number of likely N-dealkylation sites (N-methyl/N-ethyl adjacent to an activating group) is 1. The second-order valence-electron chi connectivity index (χ2n) is 11.6. The Morgan fingerprint density at radius 1 is 1.09 bits per heavy atom. The van der Waals surface area contributed by atoms with Gasteiger partial charge >= 0.3 is 0 Å². The fourth-order valence-corrected chi connectivity index (χ4v) is 4.50. The van der Waals surface area contributed by atoms with Gasteiger partial charge in [0.25, 0.3) is 11.5 Å². The largest absolute Gasteiger partial charge is 0.378 e. The summed E-state index contributed by atoms with van der Waals surface area (Å²) >= 11 is 0. The molecular weight excluding hydrogens is 547 g/mol. The Labute approximate surface area is 250 Å². The first-order valence-electron chi connectivity index (χ1n) is 13.7. The van der Waals surface area contributed by atoms with Crippen molar-refractivity contribution in [2.75, 3.05) is 24.7 Å². The Balaban J connectivity index is 1.62. The molecule has 9 nitrogen and oxygen atoms in total. The monoisotopic (exact) mass is 584 g/mol. The van der Waals surface area contributed by atoms with Crippen molar-refractivity contribution in [3.8, 4) is 11.3 Å². The first-order valence-corrected chi connectivity index (χ1v) is 13.7. The molecule has 0 spiro atoms. The molecule has 10 heteroatoms. The van der Waals surface area contributed by atoms with E-state index in [0.717, 1.165) is 5.56 Å². The van der Waals surface area contributed by atoms with E-state index in [4.69, 9.17) is 0 Å². The number of hydrogen-bond acceptors (Lipinski definition) is 7. The quantitative estimate of drug-likeness (QED) is 0.250. The number of benzene rings is 2. The van der Waals surface area contributed by atoms with Crippen LogP contribution in [0.15, 0.2) is 72.2 Å². The minimum Gasteiger partial charge on any atom is -0.378 e. The summed E-state index contributed by atoms with van der Waals surface area (Å²) in [5.41, 5.74) is 4.59. The van der Waals surface area contributed by atoms with Gasteiger partial charge < -0.3 is 20.6 Å². The number of aliphatic hydroxyl groups excluding tert-OH is 1. The number of nitrogens with one attached hydrogen (secondary N) is 2. The maximum atomic E-state index is 15.1. The molecule has 0 fully saturated rings. The van der Waals surface area contributed by atoms with Gasteiger partial charge in [-0.15, -0.1) is 0 Å². The van der Waals surface area contributed by atoms with Crippen LogP contribution in [0.5, 0.6) is 0 Å². The van der Waals surface area contributed by atoms with Crippen LogP contribution >= 0.6 is 0 Å². The number of carbonyl (C=O) groups is 1. The molecule has 4 aromatic rings. The van der Waals surface area contributed by atoms with Gasteiger partial charge in [-0.3, -0.25) is 9.59 Å². The maximum absolute atomic E-state index is 15.1. The first-order chi connectivity index (χ1) is 20.2. The lowest BCUT2D eigenvalue weighted by molar-refractivity contribution is -0.137. The van der Waals surface area contributed by atoms with E-state index in [9.17, 15) is 14.7 Å². The molecule has 43 heavy (non-hydrogen) atoms. The smallest absolute Gasteiger partial charge is 0.290 e. The van der Waals surface area contributed by atoms with Gasteiger partial charge in [0, 0.05) is 44.2 Å². The van der Waals surface area contributed by atoms with Gasteiger partial charge in [0.15, 0.2) is 6.10 Å². The summed E-state index contributed by atoms with van der Waals surface area (Å²) in [6, 6.07) is 15.7. The molecule has 1 amide bonds. The standard InChI is InChI=1S/C33H37FN6O3/c1-19-24(14-15-25(34)29(19)36-20(2)21-9-12-23(13-10-21)33(3,4)5)26-17-27(31(42)40(8)38-26)37-28-16-11-22(18-35-28)30(41)32(43)39(6)7/h9-18,30,36,41H,2H2,1,3-8H3,(H,35,37)/t30-/m1/s1. The zero-order valence-electron chi connectivity index (χ0n) is 25.5. The van der Waals surface area contributed by atoms with Gasteiger partial charge in [-0.2, -0.15) is 5.10 Å². The average molecular weight is 585 g/mol. The summed E-state index contributed by atoms with van der Waals surface area (Å²) < 4.78 is 16.3. The molecule has 0 saturated carbocycles. The van der Waals surface area contributed by atoms with Gasteiger partial charge in [0.05, 0.1) is 11.4 Å². The van der Waals surface area contributed by atoms with Crippen LogP contribution in [0.25, 0.3) is 17.0 Å². The number of rotatable bonds is 8. The van der Waals surface area contributed by atoms with E-state index in [1.54, 1.807) is 45.3 Å². The van der Waals surface area contributed by atoms with Gasteiger partial charge in [-0.1, -0.05) is 57.7 Å². The Morgan fingerprint density at radius 2 is 1.77 bits per heavy atom. The predicted molar refractivity (Wildman–Crippen MR) is 169 cm³/mol. The molecule has 0 radical (unpaired) electrons. The van der Waals surface area contributed by atoms with E-state index < -0.39 is 23.4 Å². The highest BCUT2D eigenvalue weighted by Gasteiger charge is 2.20. The van der Waals surface area contributed by atoms with Crippen molar-refractivity contribution in [2.24, 2.45) is 7.05 Å². The number of hydrogen-bond donors (Lipinski definition) is 3. The third-order valence-electron chi connectivity index (χ3n) is 7.17. The highest BCUT2D eigenvalue weighted by Crippen LogP contribution is 2.33. The van der Waals surface area contributed by atoms with Crippen molar-refractivity contribution >= 4 is 28.8 Å². The maximum Gasteiger partial charge on any atom is 0.290 e. The van der Waals surface area contributed by atoms with Crippen molar-refractivity contribution in [3.05, 3.63) is 106 Å². The summed E-state index contributed by atoms with van der Waals surface area (Å²) in [6.45, 7) is 12.3. The number of carbonyl (C=O) groups excluding carboxylic acids is 1. The molecule has 0 bridgehead atoms. The molecular formula is C33H37FN6O3. The predicted octanol–water partition coefficient (Wildman–Crippen LogP) is 5.54. The van der Waals surface area contributed by atoms with Crippen LogP contribution in [0.1, 0.15) is 49.1 Å². The van der Waals surface area contributed by atoms with Crippen LogP contribution in [-0.2, 0) is 17.3 Å². The van der Waals surface area contributed by atoms with E-state index in [1.165, 1.54) is 34.5 Å². The lowest BCUT2D eigenvalue weighted by Crippen LogP contribution is -2.28. The zero-order chi connectivity index (χ0) is 31.6. The molecule has 0 saturated heterocycles. The summed E-state index contributed by atoms with van der Waals surface area (Å²) in [6.07, 6.45) is 0.0205. The molecule has 4 rings (SSSR count). The molecule has 3 N–H and O–H groups in total. The lowest BCUT2D eigenvalue weighted by Gasteiger charge is -2.20. The Kier molecular flexibility index (Phi) is 8.82. The van der Waals surface area contributed by atoms with Crippen LogP contribution in [0.3, 0.4) is 0 Å². The summed E-state index contributed by atoms with van der Waals surface area (Å²) in [7, 11) is 4.63. The van der Waals surface area contributed by atoms with Crippen LogP contribution < -0.4 is 16.2 Å². The molecule has 0 aliphatic carbocycles. The molecule has 2 heterocycles. The first kappa shape index (κ1) is 31.1. The molecule has 224 valence electrons. The number of amides is 1. The highest BCUT2D eigenvalue weighted by atomic mass is 19.1. The Hall–Kier alpha value is -4.83. The number of pyridine rings is 1. The SMILES string of the molecule is C=C(Nc1c(F)ccc(-c2cc(Nc3ccc([C@@H](O)C(=O)N(C)C)cn3)c(=O)n(C)n2)c1C)c1ccc(C(C)(C)C)cc1. The highest BCUT2D eigenvalue weighted by molar-refractivity contribution is 5.82. The number of aliphatic hydroxyl groups is 1. The van der Waals surface area contributed by atoms with E-state index in [0.29, 0.717) is 33.9 Å². The second-order valence-corrected chi connectivity index (χ2v) is 11.6. The Bertz CT molecular complexity index is 1720. The van der Waals surface area contributed by atoms with Gasteiger partial charge in [-0.05, 0) is 53.3 Å². The number of aryl methyl sites for hydroxylation is 1. The van der Waals surface area contributed by atoms with Gasteiger partial charge in [0.1, 0.15) is 17.3 Å². The molecule has 0 aliphatic rings. The minimum absolute atomic E-state index is 0.00911. The number of nitrogens with zero attached hydrogens (tertiary/aromatic N) is 4. The topological polar surface area (TPSA) is 112 Å². The summed E-state index contributed by atoms with van der Waals surface area (Å²) in [5, 5.41) is 20.8. The molecule has 0 aliphatic heterocycles. The number of halogens is 1. The van der Waals surface area contributed by atoms with Crippen molar-refractivity contribution in [1.29, 1.82) is 0 Å². The minimum atomic E-state index is -1.35. The van der Waals surface area contributed by atoms with Crippen LogP contribution in [0.4, 0.5) is 21.6 Å². The third kappa shape index (κ3) is 6.81. The van der Waals surface area contributed by atoms with Crippen molar-refractivity contribution in [3.63, 3.8) is 0 Å². The Morgan fingerprint density at radius 3 is 2.35 bits per heavy atom. The fraction of sp³-hybridized carbons (Fsp3) is 0.273. The molecule has 2 aromatic carbocycles. The summed E-state index contributed by atoms with van der Waals surface area (Å²) in [5.74, 6) is -0.591. The normalized spacial score (nSPS) is 12.0. The third-order valence-corrected chi connectivity index (χ3v) is 7.17. The van der Waals surface area contributed by atoms with Crippen molar-refractivity contribution in [2.45, 2.75) is 39.2 Å². The van der Waals surface area contributed by atoms with Crippen molar-refractivity contribution < 1.29 is 14.3 Å². The second kappa shape index (κ2) is 12.2. The number of anilines is 3. The van der Waals surface area contributed by atoms with E-state index >= 15 is 4.39 Å².